The van der Waals surface area contributed by atoms with Crippen molar-refractivity contribution in [1.29, 1.82) is 0 Å². The zero-order chi connectivity index (χ0) is 19.4. The fourth-order valence-electron chi connectivity index (χ4n) is 2.74. The Morgan fingerprint density at radius 3 is 2.33 bits per heavy atom. The molecule has 0 atom stereocenters. The number of ether oxygens (including phenoxy) is 1. The molecule has 0 spiro atoms. The highest BCUT2D eigenvalue weighted by molar-refractivity contribution is 9.10. The minimum absolute atomic E-state index is 0.170. The molecule has 0 aromatic heterocycles. The van der Waals surface area contributed by atoms with Crippen LogP contribution in [-0.2, 0) is 14.4 Å². The average Bonchev–Trinajstić information content (AvgIpc) is 2.68. The van der Waals surface area contributed by atoms with Gasteiger partial charge in [-0.1, -0.05) is 15.9 Å². The van der Waals surface area contributed by atoms with Crippen LogP contribution in [-0.4, -0.2) is 49.4 Å². The van der Waals surface area contributed by atoms with E-state index in [4.69, 9.17) is 4.74 Å². The number of hydrogen-bond donors (Lipinski definition) is 1. The van der Waals surface area contributed by atoms with Gasteiger partial charge in [-0.3, -0.25) is 14.4 Å². The highest BCUT2D eigenvalue weighted by Crippen LogP contribution is 2.21. The first-order valence-corrected chi connectivity index (χ1v) is 9.07. The molecule has 0 unspecified atom stereocenters. The van der Waals surface area contributed by atoms with Gasteiger partial charge in [0, 0.05) is 28.9 Å². The Hall–Kier alpha value is -2.87. The zero-order valence-corrected chi connectivity index (χ0v) is 16.2. The molecule has 2 aromatic rings. The van der Waals surface area contributed by atoms with Crippen LogP contribution >= 0.6 is 15.9 Å². The Bertz CT molecular complexity index is 852. The third-order valence-electron chi connectivity index (χ3n) is 4.16. The van der Waals surface area contributed by atoms with E-state index in [1.165, 1.54) is 9.80 Å². The van der Waals surface area contributed by atoms with Crippen molar-refractivity contribution in [2.45, 2.75) is 0 Å². The van der Waals surface area contributed by atoms with Crippen LogP contribution in [0, 0.1) is 0 Å². The smallest absolute Gasteiger partial charge is 0.316 e. The number of methoxy groups -OCH3 is 1. The maximum atomic E-state index is 12.4. The summed E-state index contributed by atoms with van der Waals surface area (Å²) in [6.07, 6.45) is 0. The van der Waals surface area contributed by atoms with Crippen LogP contribution in [0.15, 0.2) is 53.0 Å². The highest BCUT2D eigenvalue weighted by atomic mass is 79.9. The molecule has 3 rings (SSSR count). The molecule has 0 bridgehead atoms. The van der Waals surface area contributed by atoms with E-state index in [-0.39, 0.29) is 19.0 Å². The van der Waals surface area contributed by atoms with E-state index in [2.05, 4.69) is 21.2 Å². The third kappa shape index (κ3) is 4.46. The van der Waals surface area contributed by atoms with Gasteiger partial charge in [-0.05, 0) is 48.5 Å². The van der Waals surface area contributed by atoms with Gasteiger partial charge in [0.05, 0.1) is 7.11 Å². The summed E-state index contributed by atoms with van der Waals surface area (Å²) in [6.45, 7) is 0.434. The number of nitrogens with one attached hydrogen (secondary N) is 1. The monoisotopic (exact) mass is 431 g/mol. The van der Waals surface area contributed by atoms with E-state index in [9.17, 15) is 14.4 Å². The fourth-order valence-corrected chi connectivity index (χ4v) is 3.01. The minimum Gasteiger partial charge on any atom is -0.497 e. The van der Waals surface area contributed by atoms with Crippen LogP contribution in [0.25, 0.3) is 0 Å². The number of nitrogens with zero attached hydrogens (tertiary/aromatic N) is 2. The second-order valence-corrected chi connectivity index (χ2v) is 6.85. The number of carbonyl (C=O) groups is 3. The summed E-state index contributed by atoms with van der Waals surface area (Å²) in [7, 11) is 1.56. The van der Waals surface area contributed by atoms with E-state index < -0.39 is 11.8 Å². The first-order valence-electron chi connectivity index (χ1n) is 8.28. The van der Waals surface area contributed by atoms with E-state index in [0.717, 1.165) is 4.47 Å². The van der Waals surface area contributed by atoms with Crippen LogP contribution < -0.4 is 15.0 Å². The standard InChI is InChI=1S/C19H18BrN3O4/c1-27-16-8-6-15(7-9-16)23-11-10-22(18(25)19(23)26)12-17(24)21-14-4-2-13(20)3-5-14/h2-9H,10-12H2,1H3,(H,21,24). The topological polar surface area (TPSA) is 79.0 Å². The largest absolute Gasteiger partial charge is 0.497 e. The summed E-state index contributed by atoms with van der Waals surface area (Å²) in [6, 6.07) is 14.0. The van der Waals surface area contributed by atoms with Crippen LogP contribution in [0.2, 0.25) is 0 Å². The lowest BCUT2D eigenvalue weighted by Gasteiger charge is -2.33. The second kappa shape index (κ2) is 8.22. The first-order chi connectivity index (χ1) is 13.0. The molecule has 0 radical (unpaired) electrons. The van der Waals surface area contributed by atoms with Gasteiger partial charge in [0.2, 0.25) is 5.91 Å². The second-order valence-electron chi connectivity index (χ2n) is 5.94. The van der Waals surface area contributed by atoms with Crippen molar-refractivity contribution in [3.05, 3.63) is 53.0 Å². The number of rotatable bonds is 5. The van der Waals surface area contributed by atoms with Crippen LogP contribution in [0.4, 0.5) is 11.4 Å². The lowest BCUT2D eigenvalue weighted by Crippen LogP contribution is -2.56. The fraction of sp³-hybridized carbons (Fsp3) is 0.211. The average molecular weight is 432 g/mol. The van der Waals surface area contributed by atoms with E-state index in [1.807, 2.05) is 0 Å². The Morgan fingerprint density at radius 1 is 1.04 bits per heavy atom. The summed E-state index contributed by atoms with van der Waals surface area (Å²) < 4.78 is 5.99. The van der Waals surface area contributed by atoms with Gasteiger partial charge in [0.25, 0.3) is 0 Å². The zero-order valence-electron chi connectivity index (χ0n) is 14.6. The molecule has 3 amide bonds. The number of anilines is 2. The number of piperazine rings is 1. The molecule has 7 nitrogen and oxygen atoms in total. The minimum atomic E-state index is -0.692. The van der Waals surface area contributed by atoms with Gasteiger partial charge in [-0.2, -0.15) is 0 Å². The molecule has 1 fully saturated rings. The van der Waals surface area contributed by atoms with Crippen molar-refractivity contribution in [2.75, 3.05) is 37.0 Å². The maximum Gasteiger partial charge on any atom is 0.316 e. The van der Waals surface area contributed by atoms with Crippen molar-refractivity contribution in [3.8, 4) is 5.75 Å². The summed E-state index contributed by atoms with van der Waals surface area (Å²) in [5.74, 6) is -1.02. The molecular weight excluding hydrogens is 414 g/mol. The number of carbonyl (C=O) groups excluding carboxylic acids is 3. The van der Waals surface area contributed by atoms with Crippen molar-refractivity contribution >= 4 is 45.0 Å². The molecule has 1 N–H and O–H groups in total. The molecule has 1 heterocycles. The molecule has 0 saturated carbocycles. The summed E-state index contributed by atoms with van der Waals surface area (Å²) in [5, 5.41) is 2.71. The normalized spacial score (nSPS) is 14.3. The van der Waals surface area contributed by atoms with E-state index in [1.54, 1.807) is 55.6 Å². The Labute approximate surface area is 165 Å². The van der Waals surface area contributed by atoms with Crippen molar-refractivity contribution in [1.82, 2.24) is 4.90 Å². The van der Waals surface area contributed by atoms with Crippen LogP contribution in [0.5, 0.6) is 5.75 Å². The van der Waals surface area contributed by atoms with Crippen molar-refractivity contribution in [3.63, 3.8) is 0 Å². The van der Waals surface area contributed by atoms with Crippen LogP contribution in [0.3, 0.4) is 0 Å². The molecule has 2 aromatic carbocycles. The highest BCUT2D eigenvalue weighted by Gasteiger charge is 2.34. The number of amides is 3. The van der Waals surface area contributed by atoms with E-state index in [0.29, 0.717) is 23.7 Å². The van der Waals surface area contributed by atoms with Crippen LogP contribution in [0.1, 0.15) is 0 Å². The van der Waals surface area contributed by atoms with Crippen molar-refractivity contribution < 1.29 is 19.1 Å². The molecule has 140 valence electrons. The summed E-state index contributed by atoms with van der Waals surface area (Å²) in [4.78, 5) is 39.7. The summed E-state index contributed by atoms with van der Waals surface area (Å²) >= 11 is 3.32. The summed E-state index contributed by atoms with van der Waals surface area (Å²) in [5.41, 5.74) is 1.24. The van der Waals surface area contributed by atoms with Gasteiger partial charge in [0.1, 0.15) is 12.3 Å². The Kier molecular flexibility index (Phi) is 5.75. The maximum absolute atomic E-state index is 12.4. The van der Waals surface area contributed by atoms with Gasteiger partial charge >= 0.3 is 11.8 Å². The molecule has 0 aliphatic carbocycles. The van der Waals surface area contributed by atoms with Crippen molar-refractivity contribution in [2.24, 2.45) is 0 Å². The number of benzene rings is 2. The van der Waals surface area contributed by atoms with Gasteiger partial charge in [0.15, 0.2) is 0 Å². The molecule has 1 saturated heterocycles. The number of hydrogen-bond acceptors (Lipinski definition) is 4. The SMILES string of the molecule is COc1ccc(N2CCN(CC(=O)Nc3ccc(Br)cc3)C(=O)C2=O)cc1. The Morgan fingerprint density at radius 2 is 1.70 bits per heavy atom. The predicted octanol–water partition coefficient (Wildman–Crippen LogP) is 2.27. The Balaban J connectivity index is 1.61. The third-order valence-corrected chi connectivity index (χ3v) is 4.68. The van der Waals surface area contributed by atoms with Gasteiger partial charge in [-0.15, -0.1) is 0 Å². The van der Waals surface area contributed by atoms with Gasteiger partial charge in [-0.25, -0.2) is 0 Å². The molecule has 27 heavy (non-hydrogen) atoms. The lowest BCUT2D eigenvalue weighted by atomic mass is 10.2. The lowest BCUT2D eigenvalue weighted by molar-refractivity contribution is -0.147. The quantitative estimate of drug-likeness (QED) is 0.736. The van der Waals surface area contributed by atoms with Gasteiger partial charge < -0.3 is 19.9 Å². The molecule has 1 aliphatic rings. The molecule has 1 aliphatic heterocycles. The predicted molar refractivity (Wildman–Crippen MR) is 105 cm³/mol. The molecule has 8 heteroatoms. The molecular formula is C19H18BrN3O4. The number of halogens is 1. The van der Waals surface area contributed by atoms with E-state index >= 15 is 0 Å². The first kappa shape index (κ1) is 18.9.